The van der Waals surface area contributed by atoms with Crippen LogP contribution in [0.3, 0.4) is 0 Å². The molecule has 0 heterocycles. The number of carbonyl (C=O) groups is 4. The van der Waals surface area contributed by atoms with Gasteiger partial charge in [0.05, 0.1) is 19.1 Å². The van der Waals surface area contributed by atoms with Gasteiger partial charge in [-0.2, -0.15) is 25.3 Å². The van der Waals surface area contributed by atoms with E-state index in [4.69, 9.17) is 5.73 Å². The van der Waals surface area contributed by atoms with Crippen LogP contribution < -0.4 is 21.7 Å². The van der Waals surface area contributed by atoms with Crippen LogP contribution in [0, 0.1) is 0 Å². The number of hydrogen-bond acceptors (Lipinski definition) is 7. The average Bonchev–Trinajstić information content (AvgIpc) is 2.47. The van der Waals surface area contributed by atoms with Crippen LogP contribution in [-0.4, -0.2) is 60.7 Å². The number of nitrogens with two attached hydrogens (primary N) is 1. The molecule has 5 N–H and O–H groups in total. The summed E-state index contributed by atoms with van der Waals surface area (Å²) in [5.41, 5.74) is 5.11. The van der Waals surface area contributed by atoms with Crippen molar-refractivity contribution in [2.45, 2.75) is 12.1 Å². The lowest BCUT2D eigenvalue weighted by atomic mass is 10.3. The third-order valence-corrected chi connectivity index (χ3v) is 2.91. The van der Waals surface area contributed by atoms with E-state index in [0.29, 0.717) is 6.29 Å². The fraction of sp³-hybridized carbons (Fsp3) is 0.600. The summed E-state index contributed by atoms with van der Waals surface area (Å²) in [6, 6.07) is -1.59. The van der Waals surface area contributed by atoms with Gasteiger partial charge in [-0.15, -0.1) is 0 Å². The summed E-state index contributed by atoms with van der Waals surface area (Å²) >= 11 is 7.80. The Hall–Kier alpha value is -1.26. The van der Waals surface area contributed by atoms with Crippen molar-refractivity contribution < 1.29 is 19.2 Å². The van der Waals surface area contributed by atoms with Crippen molar-refractivity contribution in [3.63, 3.8) is 0 Å². The van der Waals surface area contributed by atoms with Gasteiger partial charge in [0.1, 0.15) is 12.3 Å². The molecule has 3 amide bonds. The molecule has 0 aliphatic heterocycles. The van der Waals surface area contributed by atoms with E-state index in [1.54, 1.807) is 0 Å². The molecule has 0 aromatic carbocycles. The van der Waals surface area contributed by atoms with Crippen molar-refractivity contribution in [2.75, 3.05) is 24.6 Å². The SMILES string of the molecule is NCC(=O)N[C@@H](CS)C(=O)NCC(=O)N[C@H](C=O)CS. The third kappa shape index (κ3) is 7.36. The lowest BCUT2D eigenvalue weighted by Crippen LogP contribution is -2.52. The molecule has 114 valence electrons. The fourth-order valence-electron chi connectivity index (χ4n) is 1.12. The normalized spacial score (nSPS) is 12.9. The lowest BCUT2D eigenvalue weighted by Gasteiger charge is -2.16. The van der Waals surface area contributed by atoms with E-state index in [1.807, 2.05) is 0 Å². The largest absolute Gasteiger partial charge is 0.345 e. The summed E-state index contributed by atoms with van der Waals surface area (Å²) in [5, 5.41) is 7.03. The van der Waals surface area contributed by atoms with Crippen molar-refractivity contribution >= 4 is 49.3 Å². The average molecular weight is 322 g/mol. The smallest absolute Gasteiger partial charge is 0.243 e. The zero-order chi connectivity index (χ0) is 15.5. The summed E-state index contributed by atoms with van der Waals surface area (Å²) in [6.45, 7) is -0.569. The highest BCUT2D eigenvalue weighted by Crippen LogP contribution is 1.89. The first-order chi connectivity index (χ1) is 9.48. The van der Waals surface area contributed by atoms with Gasteiger partial charge in [0.2, 0.25) is 17.7 Å². The first kappa shape index (κ1) is 18.7. The molecule has 10 heteroatoms. The predicted octanol–water partition coefficient (Wildman–Crippen LogP) is -2.91. The van der Waals surface area contributed by atoms with E-state index in [-0.39, 0.29) is 24.6 Å². The Morgan fingerprint density at radius 3 is 2.20 bits per heavy atom. The quantitative estimate of drug-likeness (QED) is 0.200. The molecular weight excluding hydrogens is 304 g/mol. The molecule has 0 unspecified atom stereocenters. The van der Waals surface area contributed by atoms with Gasteiger partial charge < -0.3 is 26.5 Å². The molecule has 0 aromatic heterocycles. The zero-order valence-corrected chi connectivity index (χ0v) is 12.5. The standard InChI is InChI=1S/C10H18N4O4S2/c11-1-8(16)14-7(5-20)10(18)12-2-9(17)13-6(3-15)4-19/h3,6-7,19-20H,1-2,4-5,11H2,(H,12,18)(H,13,17)(H,14,16)/t6-,7+/m1/s1. The van der Waals surface area contributed by atoms with Crippen molar-refractivity contribution in [3.8, 4) is 0 Å². The van der Waals surface area contributed by atoms with Gasteiger partial charge in [0.15, 0.2) is 0 Å². The van der Waals surface area contributed by atoms with Crippen LogP contribution >= 0.6 is 25.3 Å². The molecule has 0 fully saturated rings. The number of amides is 3. The minimum atomic E-state index is -0.881. The highest BCUT2D eigenvalue weighted by atomic mass is 32.1. The Labute approximate surface area is 127 Å². The minimum Gasteiger partial charge on any atom is -0.345 e. The summed E-state index contributed by atoms with van der Waals surface area (Å²) in [4.78, 5) is 44.7. The molecular formula is C10H18N4O4S2. The highest BCUT2D eigenvalue weighted by Gasteiger charge is 2.19. The molecule has 0 radical (unpaired) electrons. The van der Waals surface area contributed by atoms with E-state index >= 15 is 0 Å². The number of aldehydes is 1. The number of thiol groups is 2. The van der Waals surface area contributed by atoms with Gasteiger partial charge in [-0.05, 0) is 0 Å². The number of rotatable bonds is 9. The van der Waals surface area contributed by atoms with Crippen LogP contribution in [-0.2, 0) is 19.2 Å². The molecule has 0 saturated heterocycles. The Bertz CT molecular complexity index is 367. The Morgan fingerprint density at radius 1 is 1.10 bits per heavy atom. The van der Waals surface area contributed by atoms with Crippen LogP contribution in [0.15, 0.2) is 0 Å². The van der Waals surface area contributed by atoms with Gasteiger partial charge >= 0.3 is 0 Å². The summed E-state index contributed by atoms with van der Waals surface area (Å²) in [7, 11) is 0. The highest BCUT2D eigenvalue weighted by molar-refractivity contribution is 7.80. The van der Waals surface area contributed by atoms with E-state index in [0.717, 1.165) is 0 Å². The molecule has 0 saturated carbocycles. The Morgan fingerprint density at radius 2 is 1.75 bits per heavy atom. The maximum atomic E-state index is 11.7. The molecule has 0 aliphatic rings. The van der Waals surface area contributed by atoms with Crippen LogP contribution in [0.5, 0.6) is 0 Å². The first-order valence-electron chi connectivity index (χ1n) is 5.72. The van der Waals surface area contributed by atoms with Crippen LogP contribution in [0.1, 0.15) is 0 Å². The van der Waals surface area contributed by atoms with E-state index < -0.39 is 29.8 Å². The second-order valence-corrected chi connectivity index (χ2v) is 4.45. The van der Waals surface area contributed by atoms with Gasteiger partial charge in [-0.1, -0.05) is 0 Å². The molecule has 2 atom stereocenters. The van der Waals surface area contributed by atoms with Crippen molar-refractivity contribution in [3.05, 3.63) is 0 Å². The number of hydrogen-bond donors (Lipinski definition) is 6. The van der Waals surface area contributed by atoms with Crippen LogP contribution in [0.2, 0.25) is 0 Å². The molecule has 0 bridgehead atoms. The zero-order valence-electron chi connectivity index (χ0n) is 10.7. The number of nitrogens with one attached hydrogen (secondary N) is 3. The molecule has 0 spiro atoms. The van der Waals surface area contributed by atoms with Crippen molar-refractivity contribution in [1.29, 1.82) is 0 Å². The fourth-order valence-corrected chi connectivity index (χ4v) is 1.55. The molecule has 0 aliphatic carbocycles. The molecule has 20 heavy (non-hydrogen) atoms. The van der Waals surface area contributed by atoms with E-state index in [1.165, 1.54) is 0 Å². The number of carbonyl (C=O) groups excluding carboxylic acids is 4. The van der Waals surface area contributed by atoms with Gasteiger partial charge in [0.25, 0.3) is 0 Å². The summed E-state index contributed by atoms with van der Waals surface area (Å²) < 4.78 is 0. The molecule has 8 nitrogen and oxygen atoms in total. The maximum Gasteiger partial charge on any atom is 0.243 e. The third-order valence-electron chi connectivity index (χ3n) is 2.15. The van der Waals surface area contributed by atoms with Crippen LogP contribution in [0.4, 0.5) is 0 Å². The van der Waals surface area contributed by atoms with Crippen molar-refractivity contribution in [1.82, 2.24) is 16.0 Å². The monoisotopic (exact) mass is 322 g/mol. The first-order valence-corrected chi connectivity index (χ1v) is 6.98. The van der Waals surface area contributed by atoms with Gasteiger partial charge in [-0.25, -0.2) is 0 Å². The molecule has 0 rings (SSSR count). The van der Waals surface area contributed by atoms with Gasteiger partial charge in [-0.3, -0.25) is 14.4 Å². The predicted molar refractivity (Wildman–Crippen MR) is 79.7 cm³/mol. The molecule has 0 aromatic rings. The van der Waals surface area contributed by atoms with E-state index in [9.17, 15) is 19.2 Å². The topological polar surface area (TPSA) is 130 Å². The minimum absolute atomic E-state index is 0.0623. The van der Waals surface area contributed by atoms with Crippen LogP contribution in [0.25, 0.3) is 0 Å². The Balaban J connectivity index is 4.21. The lowest BCUT2D eigenvalue weighted by molar-refractivity contribution is -0.129. The van der Waals surface area contributed by atoms with Gasteiger partial charge in [0, 0.05) is 11.5 Å². The second-order valence-electron chi connectivity index (χ2n) is 3.72. The van der Waals surface area contributed by atoms with Crippen molar-refractivity contribution in [2.24, 2.45) is 5.73 Å². The maximum absolute atomic E-state index is 11.7. The van der Waals surface area contributed by atoms with E-state index in [2.05, 4.69) is 41.2 Å². The summed E-state index contributed by atoms with van der Waals surface area (Å²) in [6.07, 6.45) is 0.546. The Kier molecular flexibility index (Phi) is 9.86. The summed E-state index contributed by atoms with van der Waals surface area (Å²) in [5.74, 6) is -1.38. The second kappa shape index (κ2) is 10.5.